The molecule has 2 amide bonds. The molecule has 1 saturated carbocycles. The van der Waals surface area contributed by atoms with Gasteiger partial charge in [0.15, 0.2) is 0 Å². The Morgan fingerprint density at radius 3 is 2.34 bits per heavy atom. The van der Waals surface area contributed by atoms with Gasteiger partial charge >= 0.3 is 0 Å². The van der Waals surface area contributed by atoms with Gasteiger partial charge in [-0.25, -0.2) is 8.42 Å². The van der Waals surface area contributed by atoms with Gasteiger partial charge in [-0.1, -0.05) is 73.7 Å². The predicted octanol–water partition coefficient (Wildman–Crippen LogP) is 6.33. The third kappa shape index (κ3) is 8.61. The first-order chi connectivity index (χ1) is 22.3. The zero-order valence-electron chi connectivity index (χ0n) is 27.1. The van der Waals surface area contributed by atoms with Crippen LogP contribution < -0.4 is 14.4 Å². The summed E-state index contributed by atoms with van der Waals surface area (Å²) < 4.78 is 35.0. The first kappa shape index (κ1) is 35.7. The fourth-order valence-electron chi connectivity index (χ4n) is 5.80. The van der Waals surface area contributed by atoms with Crippen LogP contribution in [0, 0.1) is 24.0 Å². The van der Waals surface area contributed by atoms with Crippen LogP contribution in [0.5, 0.6) is 5.75 Å². The molecule has 1 aliphatic carbocycles. The van der Waals surface area contributed by atoms with Crippen LogP contribution in [0.25, 0.3) is 0 Å². The van der Waals surface area contributed by atoms with E-state index in [1.54, 1.807) is 6.92 Å². The lowest BCUT2D eigenvalue weighted by atomic mass is 9.95. The van der Waals surface area contributed by atoms with Crippen molar-refractivity contribution in [1.82, 2.24) is 10.2 Å². The minimum absolute atomic E-state index is 0.00607. The van der Waals surface area contributed by atoms with Crippen LogP contribution in [0.3, 0.4) is 0 Å². The number of ether oxygens (including phenoxy) is 1. The molecule has 252 valence electrons. The highest BCUT2D eigenvalue weighted by Gasteiger charge is 2.36. The molecule has 0 aromatic heterocycles. The zero-order valence-corrected chi connectivity index (χ0v) is 28.6. The number of carbonyl (C=O) groups is 2. The molecule has 0 bridgehead atoms. The molecule has 1 aliphatic rings. The molecular weight excluding hydrogens is 644 g/mol. The lowest BCUT2D eigenvalue weighted by Crippen LogP contribution is -2.54. The van der Waals surface area contributed by atoms with Gasteiger partial charge in [-0.05, 0) is 62.9 Å². The van der Waals surface area contributed by atoms with Crippen LogP contribution in [0.15, 0.2) is 65.6 Å². The second-order valence-corrected chi connectivity index (χ2v) is 14.1. The maximum atomic E-state index is 14.4. The highest BCUT2D eigenvalue weighted by molar-refractivity contribution is 7.92. The van der Waals surface area contributed by atoms with Gasteiger partial charge in [0.25, 0.3) is 15.7 Å². The number of halogens is 1. The Morgan fingerprint density at radius 2 is 1.72 bits per heavy atom. The van der Waals surface area contributed by atoms with E-state index in [1.165, 1.54) is 49.3 Å². The van der Waals surface area contributed by atoms with Gasteiger partial charge < -0.3 is 15.0 Å². The third-order valence-corrected chi connectivity index (χ3v) is 10.5. The number of nitrogens with zero attached hydrogens (tertiary/aromatic N) is 3. The van der Waals surface area contributed by atoms with Gasteiger partial charge in [-0.3, -0.25) is 24.0 Å². The van der Waals surface area contributed by atoms with Gasteiger partial charge in [-0.2, -0.15) is 0 Å². The number of hydrogen-bond acceptors (Lipinski definition) is 7. The minimum Gasteiger partial charge on any atom is -0.495 e. The molecular formula is C34H41ClN4O7S. The monoisotopic (exact) mass is 684 g/mol. The van der Waals surface area contributed by atoms with Crippen molar-refractivity contribution in [3.63, 3.8) is 0 Å². The summed E-state index contributed by atoms with van der Waals surface area (Å²) in [6, 6.07) is 14.5. The second-order valence-electron chi connectivity index (χ2n) is 11.8. The molecule has 0 radical (unpaired) electrons. The smallest absolute Gasteiger partial charge is 0.273 e. The topological polar surface area (TPSA) is 139 Å². The maximum Gasteiger partial charge on any atom is 0.273 e. The Kier molecular flexibility index (Phi) is 11.9. The van der Waals surface area contributed by atoms with Crippen molar-refractivity contribution in [1.29, 1.82) is 0 Å². The van der Waals surface area contributed by atoms with Crippen LogP contribution in [-0.4, -0.2) is 55.8 Å². The van der Waals surface area contributed by atoms with E-state index in [0.29, 0.717) is 0 Å². The van der Waals surface area contributed by atoms with Crippen molar-refractivity contribution in [2.24, 2.45) is 0 Å². The molecule has 0 spiro atoms. The number of rotatable bonds is 13. The van der Waals surface area contributed by atoms with Crippen LogP contribution in [0.1, 0.15) is 62.1 Å². The molecule has 1 N–H and O–H groups in total. The van der Waals surface area contributed by atoms with E-state index < -0.39 is 38.3 Å². The SMILES string of the molecule is CC[C@@H](C(=O)NC1CCCCC1)N(Cc1ccc(C)cc1)C(=O)CN(c1cc(Cl)ccc1OC)S(=O)(=O)c1ccc(C)c([N+](=O)[O-])c1. The van der Waals surface area contributed by atoms with E-state index in [1.807, 2.05) is 31.2 Å². The Morgan fingerprint density at radius 1 is 1.04 bits per heavy atom. The van der Waals surface area contributed by atoms with Gasteiger partial charge in [0, 0.05) is 29.2 Å². The van der Waals surface area contributed by atoms with Gasteiger partial charge in [0.2, 0.25) is 11.8 Å². The number of sulfonamides is 1. The predicted molar refractivity (Wildman–Crippen MR) is 181 cm³/mol. The summed E-state index contributed by atoms with van der Waals surface area (Å²) in [7, 11) is -3.27. The van der Waals surface area contributed by atoms with Gasteiger partial charge in [0.1, 0.15) is 18.3 Å². The number of anilines is 1. The Bertz CT molecular complexity index is 1710. The van der Waals surface area contributed by atoms with Crippen molar-refractivity contribution in [3.8, 4) is 5.75 Å². The van der Waals surface area contributed by atoms with Gasteiger partial charge in [-0.15, -0.1) is 0 Å². The van der Waals surface area contributed by atoms with E-state index in [0.717, 1.165) is 53.6 Å². The minimum atomic E-state index is -4.62. The first-order valence-electron chi connectivity index (χ1n) is 15.6. The van der Waals surface area contributed by atoms with E-state index in [-0.39, 0.29) is 52.6 Å². The summed E-state index contributed by atoms with van der Waals surface area (Å²) in [4.78, 5) is 40.3. The summed E-state index contributed by atoms with van der Waals surface area (Å²) >= 11 is 6.31. The molecule has 0 heterocycles. The Hall–Kier alpha value is -4.16. The number of hydrogen-bond donors (Lipinski definition) is 1. The largest absolute Gasteiger partial charge is 0.495 e. The molecule has 1 fully saturated rings. The molecule has 13 heteroatoms. The number of benzene rings is 3. The van der Waals surface area contributed by atoms with Gasteiger partial charge in [0.05, 0.1) is 22.6 Å². The van der Waals surface area contributed by atoms with Crippen molar-refractivity contribution >= 4 is 44.8 Å². The number of amides is 2. The second kappa shape index (κ2) is 15.6. The van der Waals surface area contributed by atoms with Crippen LogP contribution in [-0.2, 0) is 26.2 Å². The maximum absolute atomic E-state index is 14.4. The molecule has 4 rings (SSSR count). The summed E-state index contributed by atoms with van der Waals surface area (Å²) in [5, 5.41) is 15.0. The molecule has 1 atom stereocenters. The molecule has 0 unspecified atom stereocenters. The number of aryl methyl sites for hydroxylation is 2. The van der Waals surface area contributed by atoms with Crippen molar-refractivity contribution in [2.45, 2.75) is 82.8 Å². The summed E-state index contributed by atoms with van der Waals surface area (Å²) in [6.07, 6.45) is 5.14. The highest BCUT2D eigenvalue weighted by Crippen LogP contribution is 2.36. The van der Waals surface area contributed by atoms with E-state index >= 15 is 0 Å². The first-order valence-corrected chi connectivity index (χ1v) is 17.4. The average molecular weight is 685 g/mol. The van der Waals surface area contributed by atoms with Crippen molar-refractivity contribution < 1.29 is 27.7 Å². The number of nitro groups is 1. The Balaban J connectivity index is 1.80. The fraction of sp³-hybridized carbons (Fsp3) is 0.412. The Labute approximate surface area is 281 Å². The molecule has 47 heavy (non-hydrogen) atoms. The van der Waals surface area contributed by atoms with Crippen LogP contribution in [0.2, 0.25) is 5.02 Å². The number of nitrogens with one attached hydrogen (secondary N) is 1. The number of nitro benzene ring substituents is 1. The molecule has 3 aromatic carbocycles. The summed E-state index contributed by atoms with van der Waals surface area (Å²) in [5.74, 6) is -0.841. The number of methoxy groups -OCH3 is 1. The average Bonchev–Trinajstić information content (AvgIpc) is 3.04. The normalized spacial score (nSPS) is 14.2. The standard InChI is InChI=1S/C34H41ClN4O7S/c1-5-29(34(41)36-27-9-7-6-8-10-27)37(21-25-14-11-23(2)12-15-25)33(40)22-38(31-19-26(35)16-18-32(31)46-4)47(44,45)28-17-13-24(3)30(20-28)39(42)43/h11-20,27,29H,5-10,21-22H2,1-4H3,(H,36,41)/t29-/m0/s1. The highest BCUT2D eigenvalue weighted by atomic mass is 35.5. The zero-order chi connectivity index (χ0) is 34.3. The van der Waals surface area contributed by atoms with Crippen LogP contribution >= 0.6 is 11.6 Å². The van der Waals surface area contributed by atoms with E-state index in [2.05, 4.69) is 5.32 Å². The summed E-state index contributed by atoms with van der Waals surface area (Å²) in [5.41, 5.74) is 1.63. The third-order valence-electron chi connectivity index (χ3n) is 8.46. The van der Waals surface area contributed by atoms with Crippen molar-refractivity contribution in [2.75, 3.05) is 18.0 Å². The molecule has 3 aromatic rings. The van der Waals surface area contributed by atoms with E-state index in [9.17, 15) is 28.1 Å². The quantitative estimate of drug-likeness (QED) is 0.164. The van der Waals surface area contributed by atoms with Crippen molar-refractivity contribution in [3.05, 3.63) is 92.5 Å². The number of carbonyl (C=O) groups excluding carboxylic acids is 2. The fourth-order valence-corrected chi connectivity index (χ4v) is 7.40. The lowest BCUT2D eigenvalue weighted by molar-refractivity contribution is -0.385. The molecule has 0 saturated heterocycles. The lowest BCUT2D eigenvalue weighted by Gasteiger charge is -2.34. The molecule has 0 aliphatic heterocycles. The van der Waals surface area contributed by atoms with E-state index in [4.69, 9.17) is 16.3 Å². The van der Waals surface area contributed by atoms with Crippen LogP contribution in [0.4, 0.5) is 11.4 Å². The summed E-state index contributed by atoms with van der Waals surface area (Å²) in [6.45, 7) is 4.56. The molecule has 11 nitrogen and oxygen atoms in total.